The summed E-state index contributed by atoms with van der Waals surface area (Å²) in [5, 5.41) is 1.55. The Morgan fingerprint density at radius 1 is 1.00 bits per heavy atom. The zero-order valence-corrected chi connectivity index (χ0v) is 17.8. The molecule has 8 heteroatoms. The van der Waals surface area contributed by atoms with E-state index >= 15 is 0 Å². The zero-order valence-electron chi connectivity index (χ0n) is 17.8. The fourth-order valence-corrected chi connectivity index (χ4v) is 4.37. The van der Waals surface area contributed by atoms with E-state index < -0.39 is 18.1 Å². The Morgan fingerprint density at radius 2 is 1.73 bits per heavy atom. The van der Waals surface area contributed by atoms with Gasteiger partial charge in [0.1, 0.15) is 0 Å². The first kappa shape index (κ1) is 22.8. The van der Waals surface area contributed by atoms with Crippen LogP contribution < -0.4 is 10.6 Å². The van der Waals surface area contributed by atoms with Crippen molar-refractivity contribution in [3.63, 3.8) is 0 Å². The van der Waals surface area contributed by atoms with Crippen LogP contribution in [-0.4, -0.2) is 31.2 Å². The molecular formula is C25H23F3N2O3. The number of esters is 2. The first-order valence-electron chi connectivity index (χ1n) is 10.7. The number of anilines is 1. The molecule has 3 aromatic carbocycles. The summed E-state index contributed by atoms with van der Waals surface area (Å²) in [6.45, 7) is 1.66. The summed E-state index contributed by atoms with van der Waals surface area (Å²) in [5.74, 6) is -3.52. The molecule has 4 rings (SSSR count). The minimum atomic E-state index is -5.25. The fourth-order valence-electron chi connectivity index (χ4n) is 4.37. The van der Waals surface area contributed by atoms with Crippen LogP contribution in [0, 0.1) is 0 Å². The molecule has 0 atom stereocenters. The van der Waals surface area contributed by atoms with Crippen LogP contribution in [0.1, 0.15) is 40.2 Å². The van der Waals surface area contributed by atoms with Gasteiger partial charge in [0.15, 0.2) is 0 Å². The monoisotopic (exact) mass is 456 g/mol. The molecule has 0 spiro atoms. The second kappa shape index (κ2) is 9.23. The predicted molar refractivity (Wildman–Crippen MR) is 119 cm³/mol. The van der Waals surface area contributed by atoms with Crippen molar-refractivity contribution in [2.45, 2.75) is 31.5 Å². The van der Waals surface area contributed by atoms with Gasteiger partial charge in [0.05, 0.1) is 11.3 Å². The highest BCUT2D eigenvalue weighted by Crippen LogP contribution is 2.37. The number of nitrogens with zero attached hydrogens (tertiary/aromatic N) is 1. The zero-order chi connectivity index (χ0) is 23.6. The molecule has 0 saturated carbocycles. The third-order valence-corrected chi connectivity index (χ3v) is 6.01. The van der Waals surface area contributed by atoms with E-state index in [4.69, 9.17) is 5.73 Å². The predicted octanol–water partition coefficient (Wildman–Crippen LogP) is 4.93. The number of hydrogen-bond acceptors (Lipinski definition) is 5. The molecule has 2 N–H and O–H groups in total. The van der Waals surface area contributed by atoms with Gasteiger partial charge in [0.25, 0.3) is 0 Å². The summed E-state index contributed by atoms with van der Waals surface area (Å²) < 4.78 is 42.1. The molecule has 1 saturated heterocycles. The van der Waals surface area contributed by atoms with Crippen LogP contribution in [0.4, 0.5) is 18.9 Å². The molecule has 0 aliphatic carbocycles. The van der Waals surface area contributed by atoms with Gasteiger partial charge in [-0.15, -0.1) is 0 Å². The van der Waals surface area contributed by atoms with Crippen molar-refractivity contribution in [3.8, 4) is 0 Å². The largest absolute Gasteiger partial charge is 0.491 e. The van der Waals surface area contributed by atoms with Gasteiger partial charge < -0.3 is 15.4 Å². The Hall–Kier alpha value is -3.39. The fraction of sp³-hybridized carbons (Fsp3) is 0.280. The van der Waals surface area contributed by atoms with Gasteiger partial charge in [-0.25, -0.2) is 9.59 Å². The molecule has 0 bridgehead atoms. The standard InChI is InChI=1S/C25H23F3N2O3/c26-25(27,28)24(32)33-23(31)21-9-8-18-5-1-2-7-20(18)22(21)30-12-10-17(11-13-30)19-6-3-4-16(14-19)15-29/h1-9,14,17H,10-13,15,29H2. The van der Waals surface area contributed by atoms with Crippen molar-refractivity contribution in [2.24, 2.45) is 5.73 Å². The first-order valence-corrected chi connectivity index (χ1v) is 10.7. The smallest absolute Gasteiger partial charge is 0.383 e. The van der Waals surface area contributed by atoms with E-state index in [0.717, 1.165) is 29.2 Å². The summed E-state index contributed by atoms with van der Waals surface area (Å²) in [7, 11) is 0. The summed E-state index contributed by atoms with van der Waals surface area (Å²) in [5.41, 5.74) is 8.45. The van der Waals surface area contributed by atoms with Gasteiger partial charge >= 0.3 is 18.1 Å². The maximum absolute atomic E-state index is 12.6. The SMILES string of the molecule is NCc1cccc(C2CCN(c3c(C(=O)OC(=O)C(F)(F)F)ccc4ccccc34)CC2)c1. The number of rotatable bonds is 4. The molecule has 0 radical (unpaired) electrons. The molecule has 33 heavy (non-hydrogen) atoms. The molecule has 1 aliphatic heterocycles. The number of halogens is 3. The Kier molecular flexibility index (Phi) is 6.37. The van der Waals surface area contributed by atoms with E-state index in [9.17, 15) is 22.8 Å². The lowest BCUT2D eigenvalue weighted by Crippen LogP contribution is -2.35. The molecule has 0 aromatic heterocycles. The first-order chi connectivity index (χ1) is 15.8. The second-order valence-electron chi connectivity index (χ2n) is 8.07. The van der Waals surface area contributed by atoms with Crippen LogP contribution >= 0.6 is 0 Å². The highest BCUT2D eigenvalue weighted by molar-refractivity contribution is 6.09. The molecule has 0 unspecified atom stereocenters. The van der Waals surface area contributed by atoms with Crippen molar-refractivity contribution < 1.29 is 27.5 Å². The molecule has 1 heterocycles. The summed E-state index contributed by atoms with van der Waals surface area (Å²) >= 11 is 0. The maximum Gasteiger partial charge on any atom is 0.491 e. The van der Waals surface area contributed by atoms with E-state index in [1.54, 1.807) is 12.1 Å². The number of carbonyl (C=O) groups is 2. The Bertz CT molecular complexity index is 1180. The Morgan fingerprint density at radius 3 is 2.42 bits per heavy atom. The number of carbonyl (C=O) groups excluding carboxylic acids is 2. The van der Waals surface area contributed by atoms with Crippen LogP contribution in [0.15, 0.2) is 60.7 Å². The normalized spacial score (nSPS) is 15.0. The van der Waals surface area contributed by atoms with E-state index in [2.05, 4.69) is 16.9 Å². The third kappa shape index (κ3) is 4.85. The minimum Gasteiger partial charge on any atom is -0.383 e. The lowest BCUT2D eigenvalue weighted by Gasteiger charge is -2.35. The van der Waals surface area contributed by atoms with Gasteiger partial charge in [-0.3, -0.25) is 0 Å². The van der Waals surface area contributed by atoms with Gasteiger partial charge in [-0.1, -0.05) is 54.6 Å². The lowest BCUT2D eigenvalue weighted by molar-refractivity contribution is -0.193. The average molecular weight is 456 g/mol. The van der Waals surface area contributed by atoms with E-state index in [1.807, 2.05) is 35.2 Å². The van der Waals surface area contributed by atoms with Crippen molar-refractivity contribution in [1.82, 2.24) is 0 Å². The minimum absolute atomic E-state index is 0.0603. The second-order valence-corrected chi connectivity index (χ2v) is 8.07. The van der Waals surface area contributed by atoms with Crippen molar-refractivity contribution in [1.29, 1.82) is 0 Å². The summed E-state index contributed by atoms with van der Waals surface area (Å²) in [4.78, 5) is 25.8. The highest BCUT2D eigenvalue weighted by atomic mass is 19.4. The van der Waals surface area contributed by atoms with Gasteiger partial charge in [0.2, 0.25) is 0 Å². The number of ether oxygens (including phenoxy) is 1. The molecule has 0 amide bonds. The Balaban J connectivity index is 1.63. The molecule has 172 valence electrons. The molecule has 1 aliphatic rings. The van der Waals surface area contributed by atoms with Gasteiger partial charge in [-0.2, -0.15) is 13.2 Å². The highest BCUT2D eigenvalue weighted by Gasteiger charge is 2.43. The van der Waals surface area contributed by atoms with Crippen molar-refractivity contribution in [2.75, 3.05) is 18.0 Å². The van der Waals surface area contributed by atoms with Crippen molar-refractivity contribution >= 4 is 28.4 Å². The number of alkyl halides is 3. The summed E-state index contributed by atoms with van der Waals surface area (Å²) in [6.07, 6.45) is -3.65. The van der Waals surface area contributed by atoms with Crippen LogP contribution in [0.25, 0.3) is 10.8 Å². The van der Waals surface area contributed by atoms with E-state index in [-0.39, 0.29) is 5.56 Å². The third-order valence-electron chi connectivity index (χ3n) is 6.01. The molecular weight excluding hydrogens is 433 g/mol. The van der Waals surface area contributed by atoms with Gasteiger partial charge in [-0.05, 0) is 41.3 Å². The van der Waals surface area contributed by atoms with E-state index in [1.165, 1.54) is 11.6 Å². The van der Waals surface area contributed by atoms with Gasteiger partial charge in [0, 0.05) is 25.0 Å². The van der Waals surface area contributed by atoms with Crippen molar-refractivity contribution in [3.05, 3.63) is 77.4 Å². The number of fused-ring (bicyclic) bond motifs is 1. The average Bonchev–Trinajstić information content (AvgIpc) is 2.82. The number of hydrogen-bond donors (Lipinski definition) is 1. The van der Waals surface area contributed by atoms with Crippen LogP contribution in [-0.2, 0) is 16.1 Å². The number of nitrogens with two attached hydrogens (primary N) is 1. The summed E-state index contributed by atoms with van der Waals surface area (Å²) in [6, 6.07) is 18.5. The lowest BCUT2D eigenvalue weighted by atomic mass is 9.88. The number of benzene rings is 3. The topological polar surface area (TPSA) is 72.6 Å². The Labute approximate surface area is 188 Å². The molecule has 3 aromatic rings. The van der Waals surface area contributed by atoms with Crippen LogP contribution in [0.3, 0.4) is 0 Å². The number of piperidine rings is 1. The quantitative estimate of drug-likeness (QED) is 0.445. The van der Waals surface area contributed by atoms with Crippen LogP contribution in [0.5, 0.6) is 0 Å². The van der Waals surface area contributed by atoms with Crippen LogP contribution in [0.2, 0.25) is 0 Å². The molecule has 1 fully saturated rings. The molecule has 5 nitrogen and oxygen atoms in total. The maximum atomic E-state index is 12.6. The van der Waals surface area contributed by atoms with E-state index in [0.29, 0.717) is 31.2 Å².